The lowest BCUT2D eigenvalue weighted by Gasteiger charge is -2.26. The van der Waals surface area contributed by atoms with Gasteiger partial charge >= 0.3 is 0 Å². The molecule has 1 aliphatic rings. The first-order valence-corrected chi connectivity index (χ1v) is 13.2. The van der Waals surface area contributed by atoms with Gasteiger partial charge in [-0.15, -0.1) is 0 Å². The summed E-state index contributed by atoms with van der Waals surface area (Å²) >= 11 is 3.59. The molecule has 1 amide bonds. The summed E-state index contributed by atoms with van der Waals surface area (Å²) in [5.74, 6) is 0.515. The molecule has 0 bridgehead atoms. The highest BCUT2D eigenvalue weighted by molar-refractivity contribution is 9.10. The zero-order chi connectivity index (χ0) is 26.9. The van der Waals surface area contributed by atoms with Crippen molar-refractivity contribution in [1.29, 1.82) is 0 Å². The summed E-state index contributed by atoms with van der Waals surface area (Å²) in [5, 5.41) is 2.47. The van der Waals surface area contributed by atoms with Crippen LogP contribution in [0.15, 0.2) is 118 Å². The van der Waals surface area contributed by atoms with Crippen molar-refractivity contribution in [3.8, 4) is 16.9 Å². The van der Waals surface area contributed by atoms with Crippen LogP contribution in [0, 0.1) is 0 Å². The molecule has 4 aromatic carbocycles. The number of methoxy groups -OCH3 is 1. The van der Waals surface area contributed by atoms with Crippen molar-refractivity contribution in [1.82, 2.24) is 15.4 Å². The number of H-pyrrole nitrogens is 1. The van der Waals surface area contributed by atoms with Crippen LogP contribution in [-0.4, -0.2) is 23.0 Å². The standard InChI is InChI=1S/C32H24BrN3O3/c1-39-24-15-12-20(13-16-24)28-19-27(35-36(28)32(38)22-10-6-3-7-11-22)30-29(21-8-4-2-5-9-21)25-18-23(33)14-17-26(25)34-31(30)37/h2-19,28,35H,1H3,(H,34,37)/t28-/m1/s1. The fourth-order valence-electron chi connectivity index (χ4n) is 4.98. The number of ether oxygens (including phenoxy) is 1. The van der Waals surface area contributed by atoms with E-state index in [1.165, 1.54) is 0 Å². The van der Waals surface area contributed by atoms with E-state index in [9.17, 15) is 9.59 Å². The molecule has 2 heterocycles. The van der Waals surface area contributed by atoms with Crippen LogP contribution in [0.4, 0.5) is 0 Å². The second kappa shape index (κ2) is 10.3. The number of hydrazine groups is 1. The first kappa shape index (κ1) is 24.7. The second-order valence-electron chi connectivity index (χ2n) is 9.21. The maximum Gasteiger partial charge on any atom is 0.273 e. The highest BCUT2D eigenvalue weighted by Crippen LogP contribution is 2.38. The van der Waals surface area contributed by atoms with Gasteiger partial charge in [0.2, 0.25) is 0 Å². The van der Waals surface area contributed by atoms with Crippen molar-refractivity contribution in [3.63, 3.8) is 0 Å². The number of hydrogen-bond acceptors (Lipinski definition) is 4. The summed E-state index contributed by atoms with van der Waals surface area (Å²) in [6.45, 7) is 0. The number of nitrogens with one attached hydrogen (secondary N) is 2. The quantitative estimate of drug-likeness (QED) is 0.243. The number of hydrogen-bond donors (Lipinski definition) is 2. The molecule has 39 heavy (non-hydrogen) atoms. The Bertz CT molecular complexity index is 1760. The SMILES string of the molecule is COc1ccc([C@H]2C=C(c3c(-c4ccccc4)c4cc(Br)ccc4[nH]c3=O)NN2C(=O)c2ccccc2)cc1. The minimum absolute atomic E-state index is 0.205. The van der Waals surface area contributed by atoms with Crippen LogP contribution in [0.25, 0.3) is 27.7 Å². The fraction of sp³-hybridized carbons (Fsp3) is 0.0625. The monoisotopic (exact) mass is 577 g/mol. The van der Waals surface area contributed by atoms with Crippen LogP contribution >= 0.6 is 15.9 Å². The molecule has 0 fully saturated rings. The number of halogens is 1. The van der Waals surface area contributed by atoms with E-state index in [4.69, 9.17) is 4.74 Å². The lowest BCUT2D eigenvalue weighted by Crippen LogP contribution is -2.40. The van der Waals surface area contributed by atoms with E-state index in [2.05, 4.69) is 26.3 Å². The van der Waals surface area contributed by atoms with E-state index in [1.54, 1.807) is 24.3 Å². The van der Waals surface area contributed by atoms with Crippen molar-refractivity contribution in [2.45, 2.75) is 6.04 Å². The van der Waals surface area contributed by atoms with Gasteiger partial charge in [0, 0.05) is 26.5 Å². The van der Waals surface area contributed by atoms with Crippen LogP contribution < -0.4 is 15.7 Å². The number of aromatic amines is 1. The molecule has 0 radical (unpaired) electrons. The predicted molar refractivity (Wildman–Crippen MR) is 157 cm³/mol. The first-order chi connectivity index (χ1) is 19.0. The van der Waals surface area contributed by atoms with Crippen molar-refractivity contribution < 1.29 is 9.53 Å². The van der Waals surface area contributed by atoms with E-state index in [-0.39, 0.29) is 11.5 Å². The maximum absolute atomic E-state index is 13.7. The van der Waals surface area contributed by atoms with Gasteiger partial charge < -0.3 is 9.72 Å². The number of carbonyl (C=O) groups is 1. The molecule has 6 rings (SSSR count). The molecule has 192 valence electrons. The van der Waals surface area contributed by atoms with Gasteiger partial charge in [-0.05, 0) is 59.7 Å². The number of benzene rings is 4. The third-order valence-corrected chi connectivity index (χ3v) is 7.34. The summed E-state index contributed by atoms with van der Waals surface area (Å²) in [6, 6.07) is 31.8. The van der Waals surface area contributed by atoms with Crippen LogP contribution in [-0.2, 0) is 0 Å². The average molecular weight is 578 g/mol. The van der Waals surface area contributed by atoms with E-state index in [0.717, 1.165) is 37.8 Å². The molecule has 0 saturated heterocycles. The first-order valence-electron chi connectivity index (χ1n) is 12.5. The Morgan fingerprint density at radius 2 is 1.56 bits per heavy atom. The highest BCUT2D eigenvalue weighted by Gasteiger charge is 2.33. The second-order valence-corrected chi connectivity index (χ2v) is 10.1. The summed E-state index contributed by atoms with van der Waals surface area (Å²) in [7, 11) is 1.62. The lowest BCUT2D eigenvalue weighted by atomic mass is 9.94. The molecule has 0 spiro atoms. The molecule has 5 aromatic rings. The van der Waals surface area contributed by atoms with Crippen molar-refractivity contribution in [2.24, 2.45) is 0 Å². The Kier molecular flexibility index (Phi) is 6.50. The average Bonchev–Trinajstić information content (AvgIpc) is 3.42. The molecule has 0 saturated carbocycles. The van der Waals surface area contributed by atoms with Gasteiger partial charge in [0.25, 0.3) is 11.5 Å². The van der Waals surface area contributed by atoms with Gasteiger partial charge in [-0.25, -0.2) is 5.01 Å². The van der Waals surface area contributed by atoms with E-state index in [1.807, 2.05) is 97.1 Å². The third-order valence-electron chi connectivity index (χ3n) is 6.85. The molecular formula is C32H24BrN3O3. The Morgan fingerprint density at radius 3 is 2.26 bits per heavy atom. The summed E-state index contributed by atoms with van der Waals surface area (Å²) in [5.41, 5.74) is 7.91. The van der Waals surface area contributed by atoms with Gasteiger partial charge in [0.05, 0.1) is 24.4 Å². The van der Waals surface area contributed by atoms with Gasteiger partial charge in [0.1, 0.15) is 5.75 Å². The van der Waals surface area contributed by atoms with E-state index >= 15 is 0 Å². The number of nitrogens with zero attached hydrogens (tertiary/aromatic N) is 1. The van der Waals surface area contributed by atoms with Gasteiger partial charge in [-0.2, -0.15) is 0 Å². The zero-order valence-electron chi connectivity index (χ0n) is 21.0. The molecule has 7 heteroatoms. The van der Waals surface area contributed by atoms with Crippen LogP contribution in [0.3, 0.4) is 0 Å². The molecule has 6 nitrogen and oxygen atoms in total. The molecule has 2 N–H and O–H groups in total. The number of carbonyl (C=O) groups excluding carboxylic acids is 1. The molecular weight excluding hydrogens is 554 g/mol. The van der Waals surface area contributed by atoms with Crippen molar-refractivity contribution >= 4 is 38.4 Å². The van der Waals surface area contributed by atoms with Crippen LogP contribution in [0.5, 0.6) is 5.75 Å². The Balaban J connectivity index is 1.56. The topological polar surface area (TPSA) is 74.4 Å². The van der Waals surface area contributed by atoms with Gasteiger partial charge in [0.15, 0.2) is 0 Å². The number of rotatable bonds is 5. The summed E-state index contributed by atoms with van der Waals surface area (Å²) in [4.78, 5) is 30.5. The predicted octanol–water partition coefficient (Wildman–Crippen LogP) is 6.71. The molecule has 0 aliphatic carbocycles. The fourth-order valence-corrected chi connectivity index (χ4v) is 5.34. The lowest BCUT2D eigenvalue weighted by molar-refractivity contribution is 0.0672. The smallest absolute Gasteiger partial charge is 0.273 e. The minimum Gasteiger partial charge on any atom is -0.497 e. The molecule has 0 unspecified atom stereocenters. The summed E-state index contributed by atoms with van der Waals surface area (Å²) in [6.07, 6.45) is 1.93. The largest absolute Gasteiger partial charge is 0.497 e. The molecule has 1 aromatic heterocycles. The Labute approximate surface area is 233 Å². The maximum atomic E-state index is 13.7. The molecule has 1 atom stereocenters. The van der Waals surface area contributed by atoms with Crippen LogP contribution in [0.2, 0.25) is 0 Å². The van der Waals surface area contributed by atoms with Crippen molar-refractivity contribution in [2.75, 3.05) is 7.11 Å². The van der Waals surface area contributed by atoms with E-state index in [0.29, 0.717) is 16.8 Å². The van der Waals surface area contributed by atoms with Crippen LogP contribution in [0.1, 0.15) is 27.5 Å². The number of pyridine rings is 1. The zero-order valence-corrected chi connectivity index (χ0v) is 22.6. The summed E-state index contributed by atoms with van der Waals surface area (Å²) < 4.78 is 6.23. The number of fused-ring (bicyclic) bond motifs is 1. The Hall–Kier alpha value is -4.62. The molecule has 1 aliphatic heterocycles. The van der Waals surface area contributed by atoms with Gasteiger partial charge in [-0.3, -0.25) is 15.0 Å². The number of aromatic nitrogens is 1. The highest BCUT2D eigenvalue weighted by atomic mass is 79.9. The van der Waals surface area contributed by atoms with E-state index < -0.39 is 6.04 Å². The number of amides is 1. The van der Waals surface area contributed by atoms with Gasteiger partial charge in [-0.1, -0.05) is 76.6 Å². The van der Waals surface area contributed by atoms with Crippen molar-refractivity contribution in [3.05, 3.63) is 141 Å². The Morgan fingerprint density at radius 1 is 0.872 bits per heavy atom. The minimum atomic E-state index is -0.458. The third kappa shape index (κ3) is 4.62. The normalized spacial score (nSPS) is 14.7.